The topological polar surface area (TPSA) is 46.0 Å². The quantitative estimate of drug-likeness (QED) is 0.412. The molecule has 0 saturated carbocycles. The molecule has 0 aliphatic heterocycles. The van der Waals surface area contributed by atoms with Crippen LogP contribution in [0.3, 0.4) is 0 Å². The van der Waals surface area contributed by atoms with E-state index in [4.69, 9.17) is 0 Å². The monoisotopic (exact) mass is 402 g/mol. The van der Waals surface area contributed by atoms with Crippen molar-refractivity contribution < 1.29 is 5.11 Å². The fraction of sp³-hybridized carbons (Fsp3) is 0. The largest absolute Gasteiger partial charge is 0.504 e. The van der Waals surface area contributed by atoms with Gasteiger partial charge in [0.1, 0.15) is 11.0 Å². The van der Waals surface area contributed by atoms with Crippen LogP contribution < -0.4 is 0 Å². The summed E-state index contributed by atoms with van der Waals surface area (Å²) in [5.41, 5.74) is 2.71. The minimum atomic E-state index is 0.107. The van der Waals surface area contributed by atoms with Crippen LogP contribution in [-0.4, -0.2) is 15.1 Å². The maximum absolute atomic E-state index is 10.2. The molecule has 4 aromatic rings. The Bertz CT molecular complexity index is 1030. The third-order valence-corrected chi connectivity index (χ3v) is 4.67. The summed E-state index contributed by atoms with van der Waals surface area (Å²) in [6.07, 6.45) is 0. The number of phenols is 1. The second-order valence-electron chi connectivity index (χ2n) is 4.80. The number of aromatic nitrogens is 2. The van der Waals surface area contributed by atoms with Crippen LogP contribution in [0.4, 0.5) is 0 Å². The third kappa shape index (κ3) is 2.00. The van der Waals surface area contributed by atoms with Crippen molar-refractivity contribution in [2.24, 2.45) is 0 Å². The molecular formula is C16H8Br2N2O. The molecule has 21 heavy (non-hydrogen) atoms. The average molecular weight is 404 g/mol. The molecule has 0 unspecified atom stereocenters. The molecular weight excluding hydrogens is 396 g/mol. The van der Waals surface area contributed by atoms with Gasteiger partial charge in [0, 0.05) is 4.47 Å². The Labute approximate surface area is 136 Å². The van der Waals surface area contributed by atoms with Gasteiger partial charge < -0.3 is 5.11 Å². The Balaban J connectivity index is 2.20. The third-order valence-electron chi connectivity index (χ3n) is 3.46. The molecule has 1 N–H and O–H groups in total. The number of rotatable bonds is 0. The van der Waals surface area contributed by atoms with Crippen LogP contribution in [0.25, 0.3) is 32.8 Å². The molecule has 0 radical (unpaired) electrons. The highest BCUT2D eigenvalue weighted by Crippen LogP contribution is 2.36. The molecule has 0 fully saturated rings. The number of benzene rings is 3. The molecule has 0 aliphatic rings. The number of nitrogens with zero attached hydrogens (tertiary/aromatic N) is 2. The Hall–Kier alpha value is -1.72. The maximum atomic E-state index is 10.2. The molecule has 4 rings (SSSR count). The highest BCUT2D eigenvalue weighted by molar-refractivity contribution is 9.11. The second kappa shape index (κ2) is 4.64. The summed E-state index contributed by atoms with van der Waals surface area (Å²) in [5.74, 6) is 0.107. The van der Waals surface area contributed by atoms with E-state index >= 15 is 0 Å². The summed E-state index contributed by atoms with van der Waals surface area (Å²) in [5, 5.41) is 12.4. The van der Waals surface area contributed by atoms with Crippen molar-refractivity contribution in [3.63, 3.8) is 0 Å². The average Bonchev–Trinajstić information content (AvgIpc) is 2.49. The summed E-state index contributed by atoms with van der Waals surface area (Å²) < 4.78 is 1.39. The molecule has 1 heterocycles. The van der Waals surface area contributed by atoms with E-state index in [1.165, 1.54) is 0 Å². The maximum Gasteiger partial charge on any atom is 0.157 e. The smallest absolute Gasteiger partial charge is 0.157 e. The van der Waals surface area contributed by atoms with Crippen LogP contribution in [0, 0.1) is 0 Å². The van der Waals surface area contributed by atoms with E-state index in [0.29, 0.717) is 15.5 Å². The van der Waals surface area contributed by atoms with Crippen LogP contribution >= 0.6 is 31.9 Å². The predicted molar refractivity (Wildman–Crippen MR) is 91.6 cm³/mol. The van der Waals surface area contributed by atoms with Gasteiger partial charge in [-0.15, -0.1) is 0 Å². The summed E-state index contributed by atoms with van der Waals surface area (Å²) in [7, 11) is 0. The van der Waals surface area contributed by atoms with Crippen molar-refractivity contribution in [1.82, 2.24) is 9.97 Å². The van der Waals surface area contributed by atoms with Gasteiger partial charge in [0.25, 0.3) is 0 Å². The van der Waals surface area contributed by atoms with Gasteiger partial charge in [-0.25, -0.2) is 9.97 Å². The van der Waals surface area contributed by atoms with Crippen LogP contribution in [0.1, 0.15) is 0 Å². The first-order chi connectivity index (χ1) is 10.1. The SMILES string of the molecule is Oc1c(Br)cc(Br)c2nc3cc4ccccc4cc3nc12. The van der Waals surface area contributed by atoms with E-state index in [9.17, 15) is 5.11 Å². The van der Waals surface area contributed by atoms with Gasteiger partial charge in [0.05, 0.1) is 15.5 Å². The summed E-state index contributed by atoms with van der Waals surface area (Å²) in [6.45, 7) is 0. The predicted octanol–water partition coefficient (Wildman–Crippen LogP) is 5.17. The van der Waals surface area contributed by atoms with Gasteiger partial charge in [-0.3, -0.25) is 0 Å². The minimum absolute atomic E-state index is 0.107. The first-order valence-corrected chi connectivity index (χ1v) is 7.89. The van der Waals surface area contributed by atoms with Gasteiger partial charge in [-0.2, -0.15) is 0 Å². The van der Waals surface area contributed by atoms with Gasteiger partial charge in [0.15, 0.2) is 5.75 Å². The summed E-state index contributed by atoms with van der Waals surface area (Å²) >= 11 is 6.80. The number of fused-ring (bicyclic) bond motifs is 3. The highest BCUT2D eigenvalue weighted by Gasteiger charge is 2.13. The van der Waals surface area contributed by atoms with Gasteiger partial charge >= 0.3 is 0 Å². The number of phenolic OH excluding ortho intramolecular Hbond substituents is 1. The van der Waals surface area contributed by atoms with E-state index < -0.39 is 0 Å². The first kappa shape index (κ1) is 13.0. The van der Waals surface area contributed by atoms with Crippen molar-refractivity contribution in [3.05, 3.63) is 51.4 Å². The number of hydrogen-bond acceptors (Lipinski definition) is 3. The number of hydrogen-bond donors (Lipinski definition) is 1. The first-order valence-electron chi connectivity index (χ1n) is 6.31. The second-order valence-corrected chi connectivity index (χ2v) is 6.51. The van der Waals surface area contributed by atoms with E-state index in [-0.39, 0.29) is 5.75 Å². The zero-order chi connectivity index (χ0) is 14.6. The van der Waals surface area contributed by atoms with Gasteiger partial charge in [-0.1, -0.05) is 24.3 Å². The van der Waals surface area contributed by atoms with E-state index in [1.807, 2.05) is 30.3 Å². The fourth-order valence-corrected chi connectivity index (χ4v) is 3.66. The highest BCUT2D eigenvalue weighted by atomic mass is 79.9. The summed E-state index contributed by atoms with van der Waals surface area (Å²) in [4.78, 5) is 9.22. The zero-order valence-corrected chi connectivity index (χ0v) is 13.8. The van der Waals surface area contributed by atoms with Crippen molar-refractivity contribution in [2.75, 3.05) is 0 Å². The Morgan fingerprint density at radius 2 is 1.33 bits per heavy atom. The molecule has 0 saturated heterocycles. The van der Waals surface area contributed by atoms with Crippen LogP contribution in [0.5, 0.6) is 5.75 Å². The van der Waals surface area contributed by atoms with Crippen molar-refractivity contribution >= 4 is 64.7 Å². The molecule has 5 heteroatoms. The molecule has 0 bridgehead atoms. The Morgan fingerprint density at radius 1 is 0.762 bits per heavy atom. The van der Waals surface area contributed by atoms with E-state index in [1.54, 1.807) is 6.07 Å². The Morgan fingerprint density at radius 3 is 1.95 bits per heavy atom. The molecule has 3 aromatic carbocycles. The van der Waals surface area contributed by atoms with Gasteiger partial charge in [0.2, 0.25) is 0 Å². The van der Waals surface area contributed by atoms with Crippen molar-refractivity contribution in [3.8, 4) is 5.75 Å². The zero-order valence-electron chi connectivity index (χ0n) is 10.6. The lowest BCUT2D eigenvalue weighted by Gasteiger charge is -2.07. The molecule has 1 aromatic heterocycles. The number of aromatic hydroxyl groups is 1. The van der Waals surface area contributed by atoms with Crippen molar-refractivity contribution in [1.29, 1.82) is 0 Å². The normalized spacial score (nSPS) is 11.5. The molecule has 102 valence electrons. The van der Waals surface area contributed by atoms with Crippen LogP contribution in [-0.2, 0) is 0 Å². The van der Waals surface area contributed by atoms with Crippen molar-refractivity contribution in [2.45, 2.75) is 0 Å². The summed E-state index contributed by atoms with van der Waals surface area (Å²) in [6, 6.07) is 13.9. The number of halogens is 2. The lowest BCUT2D eigenvalue weighted by atomic mass is 10.1. The minimum Gasteiger partial charge on any atom is -0.504 e. The molecule has 0 amide bonds. The molecule has 0 spiro atoms. The molecule has 0 aliphatic carbocycles. The van der Waals surface area contributed by atoms with Gasteiger partial charge in [-0.05, 0) is 60.8 Å². The lowest BCUT2D eigenvalue weighted by molar-refractivity contribution is 0.477. The van der Waals surface area contributed by atoms with E-state index in [0.717, 1.165) is 26.3 Å². The van der Waals surface area contributed by atoms with E-state index in [2.05, 4.69) is 47.9 Å². The lowest BCUT2D eigenvalue weighted by Crippen LogP contribution is -1.90. The van der Waals surface area contributed by atoms with Crippen LogP contribution in [0.2, 0.25) is 0 Å². The molecule has 3 nitrogen and oxygen atoms in total. The van der Waals surface area contributed by atoms with Crippen LogP contribution in [0.15, 0.2) is 51.4 Å². The molecule has 0 atom stereocenters. The fourth-order valence-electron chi connectivity index (χ4n) is 2.43. The Kier molecular flexibility index (Phi) is 2.87. The standard InChI is InChI=1S/C16H8Br2N2O/c17-10-7-11(18)16(21)15-14(10)19-12-5-8-3-1-2-4-9(8)6-13(12)20-15/h1-7,21H.